The number of hydrogen-bond donors (Lipinski definition) is 2. The minimum absolute atomic E-state index is 0.0974. The smallest absolute Gasteiger partial charge is 0.270 e. The molecule has 1 amide bonds. The molecule has 94 valence electrons. The Balaban J connectivity index is 1.91. The molecule has 1 aromatic carbocycles. The third kappa shape index (κ3) is 1.88. The van der Waals surface area contributed by atoms with Crippen LogP contribution >= 0.6 is 0 Å². The fourth-order valence-corrected chi connectivity index (χ4v) is 2.49. The number of nitrogens with zero attached hydrogens (tertiary/aromatic N) is 1. The van der Waals surface area contributed by atoms with E-state index in [9.17, 15) is 4.79 Å². The molecule has 1 atom stereocenters. The van der Waals surface area contributed by atoms with Crippen LogP contribution in [0.5, 0.6) is 0 Å². The molecule has 1 aliphatic rings. The van der Waals surface area contributed by atoms with Crippen molar-refractivity contribution in [2.75, 3.05) is 19.6 Å². The molecule has 2 heterocycles. The lowest BCUT2D eigenvalue weighted by molar-refractivity contribution is 0.0650. The molecule has 2 N–H and O–H groups in total. The average Bonchev–Trinajstić information content (AvgIpc) is 2.82. The van der Waals surface area contributed by atoms with Gasteiger partial charge in [-0.2, -0.15) is 0 Å². The van der Waals surface area contributed by atoms with Gasteiger partial charge < -0.3 is 15.2 Å². The zero-order chi connectivity index (χ0) is 12.5. The first-order valence-corrected chi connectivity index (χ1v) is 6.35. The maximum absolute atomic E-state index is 12.4. The van der Waals surface area contributed by atoms with E-state index in [2.05, 4.69) is 17.2 Å². The molecule has 0 radical (unpaired) electrons. The third-order valence-electron chi connectivity index (χ3n) is 3.52. The molecule has 3 rings (SSSR count). The lowest BCUT2D eigenvalue weighted by atomic mass is 10.2. The molecule has 2 aromatic rings. The van der Waals surface area contributed by atoms with Gasteiger partial charge in [-0.15, -0.1) is 0 Å². The Hall–Kier alpha value is -1.81. The predicted molar refractivity (Wildman–Crippen MR) is 71.7 cm³/mol. The predicted octanol–water partition coefficient (Wildman–Crippen LogP) is 1.60. The number of aromatic nitrogens is 1. The fraction of sp³-hybridized carbons (Fsp3) is 0.357. The summed E-state index contributed by atoms with van der Waals surface area (Å²) in [5, 5.41) is 4.38. The first-order chi connectivity index (χ1) is 8.75. The summed E-state index contributed by atoms with van der Waals surface area (Å²) < 4.78 is 0. The summed E-state index contributed by atoms with van der Waals surface area (Å²) in [6, 6.07) is 10.2. The van der Waals surface area contributed by atoms with Crippen LogP contribution in [0.1, 0.15) is 17.4 Å². The molecule has 1 saturated heterocycles. The van der Waals surface area contributed by atoms with Crippen LogP contribution in [0, 0.1) is 0 Å². The van der Waals surface area contributed by atoms with Crippen LogP contribution in [0.3, 0.4) is 0 Å². The first-order valence-electron chi connectivity index (χ1n) is 6.35. The monoisotopic (exact) mass is 243 g/mol. The standard InChI is InChI=1S/C14H17N3O/c1-10-9-15-6-7-17(10)14(18)13-8-11-4-2-3-5-12(11)16-13/h2-5,8,10,15-16H,6-7,9H2,1H3/t10-/m0/s1. The second kappa shape index (κ2) is 4.46. The van der Waals surface area contributed by atoms with Crippen LogP contribution < -0.4 is 5.32 Å². The molecule has 1 aliphatic heterocycles. The highest BCUT2D eigenvalue weighted by molar-refractivity contribution is 5.98. The van der Waals surface area contributed by atoms with Gasteiger partial charge in [-0.25, -0.2) is 0 Å². The van der Waals surface area contributed by atoms with E-state index in [4.69, 9.17) is 0 Å². The molecular formula is C14H17N3O. The Morgan fingerprint density at radius 2 is 2.22 bits per heavy atom. The molecule has 1 aromatic heterocycles. The number of carbonyl (C=O) groups is 1. The van der Waals surface area contributed by atoms with Crippen LogP contribution in [0.25, 0.3) is 10.9 Å². The quantitative estimate of drug-likeness (QED) is 0.799. The first kappa shape index (κ1) is 11.3. The summed E-state index contributed by atoms with van der Waals surface area (Å²) >= 11 is 0. The molecule has 1 fully saturated rings. The normalized spacial score (nSPS) is 20.3. The van der Waals surface area contributed by atoms with E-state index >= 15 is 0 Å². The van der Waals surface area contributed by atoms with Crippen LogP contribution in [-0.4, -0.2) is 41.5 Å². The summed E-state index contributed by atoms with van der Waals surface area (Å²) in [5.41, 5.74) is 1.70. The van der Waals surface area contributed by atoms with Gasteiger partial charge in [0.05, 0.1) is 0 Å². The lowest BCUT2D eigenvalue weighted by Gasteiger charge is -2.33. The summed E-state index contributed by atoms with van der Waals surface area (Å²) in [5.74, 6) is 0.0974. The Labute approximate surface area is 106 Å². The number of para-hydroxylation sites is 1. The van der Waals surface area contributed by atoms with Crippen molar-refractivity contribution in [3.63, 3.8) is 0 Å². The van der Waals surface area contributed by atoms with Crippen molar-refractivity contribution in [2.45, 2.75) is 13.0 Å². The number of fused-ring (bicyclic) bond motifs is 1. The number of carbonyl (C=O) groups excluding carboxylic acids is 1. The number of H-pyrrole nitrogens is 1. The second-order valence-corrected chi connectivity index (χ2v) is 4.82. The number of nitrogens with one attached hydrogen (secondary N) is 2. The summed E-state index contributed by atoms with van der Waals surface area (Å²) in [4.78, 5) is 17.6. The van der Waals surface area contributed by atoms with Gasteiger partial charge in [-0.1, -0.05) is 18.2 Å². The molecule has 0 saturated carbocycles. The molecule has 0 bridgehead atoms. The van der Waals surface area contributed by atoms with Gasteiger partial charge in [0.15, 0.2) is 0 Å². The van der Waals surface area contributed by atoms with Gasteiger partial charge >= 0.3 is 0 Å². The molecule has 4 heteroatoms. The van der Waals surface area contributed by atoms with Crippen LogP contribution in [-0.2, 0) is 0 Å². The highest BCUT2D eigenvalue weighted by Crippen LogP contribution is 2.17. The topological polar surface area (TPSA) is 48.1 Å². The molecule has 0 aliphatic carbocycles. The van der Waals surface area contributed by atoms with Gasteiger partial charge in [-0.3, -0.25) is 4.79 Å². The van der Waals surface area contributed by atoms with Gasteiger partial charge in [0.25, 0.3) is 5.91 Å². The number of rotatable bonds is 1. The van der Waals surface area contributed by atoms with E-state index < -0.39 is 0 Å². The minimum atomic E-state index is 0.0974. The van der Waals surface area contributed by atoms with E-state index in [1.807, 2.05) is 35.2 Å². The average molecular weight is 243 g/mol. The minimum Gasteiger partial charge on any atom is -0.351 e. The largest absolute Gasteiger partial charge is 0.351 e. The van der Waals surface area contributed by atoms with Crippen molar-refractivity contribution < 1.29 is 4.79 Å². The maximum Gasteiger partial charge on any atom is 0.270 e. The maximum atomic E-state index is 12.4. The van der Waals surface area contributed by atoms with Crippen molar-refractivity contribution in [1.82, 2.24) is 15.2 Å². The second-order valence-electron chi connectivity index (χ2n) is 4.82. The highest BCUT2D eigenvalue weighted by Gasteiger charge is 2.24. The van der Waals surface area contributed by atoms with Crippen molar-refractivity contribution in [3.05, 3.63) is 36.0 Å². The van der Waals surface area contributed by atoms with E-state index in [0.29, 0.717) is 5.69 Å². The van der Waals surface area contributed by atoms with Crippen molar-refractivity contribution in [1.29, 1.82) is 0 Å². The zero-order valence-electron chi connectivity index (χ0n) is 10.4. The molecule has 18 heavy (non-hydrogen) atoms. The highest BCUT2D eigenvalue weighted by atomic mass is 16.2. The van der Waals surface area contributed by atoms with Crippen molar-refractivity contribution in [3.8, 4) is 0 Å². The number of aromatic amines is 1. The van der Waals surface area contributed by atoms with Crippen LogP contribution in [0.15, 0.2) is 30.3 Å². The number of benzene rings is 1. The summed E-state index contributed by atoms with van der Waals surface area (Å²) in [7, 11) is 0. The Morgan fingerprint density at radius 3 is 3.00 bits per heavy atom. The fourth-order valence-electron chi connectivity index (χ4n) is 2.49. The molecular weight excluding hydrogens is 226 g/mol. The SMILES string of the molecule is C[C@H]1CNCCN1C(=O)c1cc2ccccc2[nH]1. The van der Waals surface area contributed by atoms with E-state index in [-0.39, 0.29) is 11.9 Å². The zero-order valence-corrected chi connectivity index (χ0v) is 10.4. The Morgan fingerprint density at radius 1 is 1.39 bits per heavy atom. The van der Waals surface area contributed by atoms with Crippen molar-refractivity contribution in [2.24, 2.45) is 0 Å². The number of amides is 1. The number of hydrogen-bond acceptors (Lipinski definition) is 2. The Bertz CT molecular complexity index is 542. The molecule has 4 nitrogen and oxygen atoms in total. The summed E-state index contributed by atoms with van der Waals surface area (Å²) in [6.07, 6.45) is 0. The van der Waals surface area contributed by atoms with Crippen molar-refractivity contribution >= 4 is 16.8 Å². The summed E-state index contributed by atoms with van der Waals surface area (Å²) in [6.45, 7) is 4.59. The van der Waals surface area contributed by atoms with E-state index in [1.54, 1.807) is 0 Å². The van der Waals surface area contributed by atoms with Gasteiger partial charge in [0.1, 0.15) is 5.69 Å². The molecule has 0 unspecified atom stereocenters. The lowest BCUT2D eigenvalue weighted by Crippen LogP contribution is -2.52. The van der Waals surface area contributed by atoms with E-state index in [1.165, 1.54) is 0 Å². The number of piperazine rings is 1. The van der Waals surface area contributed by atoms with E-state index in [0.717, 1.165) is 30.5 Å². The Kier molecular flexibility index (Phi) is 2.80. The van der Waals surface area contributed by atoms with Crippen LogP contribution in [0.4, 0.5) is 0 Å². The van der Waals surface area contributed by atoms with Gasteiger partial charge in [0, 0.05) is 36.6 Å². The van der Waals surface area contributed by atoms with Gasteiger partial charge in [-0.05, 0) is 19.1 Å². The van der Waals surface area contributed by atoms with Gasteiger partial charge in [0.2, 0.25) is 0 Å². The van der Waals surface area contributed by atoms with Crippen LogP contribution in [0.2, 0.25) is 0 Å². The third-order valence-corrected chi connectivity index (χ3v) is 3.52. The molecule has 0 spiro atoms.